The zero-order valence-electron chi connectivity index (χ0n) is 11.4. The van der Waals surface area contributed by atoms with Gasteiger partial charge in [-0.05, 0) is 31.0 Å². The molecule has 0 unspecified atom stereocenters. The van der Waals surface area contributed by atoms with Crippen LogP contribution in [0.25, 0.3) is 0 Å². The molecule has 4 nitrogen and oxygen atoms in total. The summed E-state index contributed by atoms with van der Waals surface area (Å²) in [4.78, 5) is 23.3. The molecule has 6 heteroatoms. The molecule has 110 valence electrons. The molecule has 2 N–H and O–H groups in total. The van der Waals surface area contributed by atoms with Crippen LogP contribution in [-0.4, -0.2) is 22.5 Å². The third-order valence-electron chi connectivity index (χ3n) is 3.39. The molecule has 0 fully saturated rings. The van der Waals surface area contributed by atoms with E-state index in [1.165, 1.54) is 0 Å². The number of rotatable bonds is 6. The van der Waals surface area contributed by atoms with E-state index in [-0.39, 0.29) is 12.3 Å². The number of carboxylic acids is 1. The third-order valence-corrected chi connectivity index (χ3v) is 4.22. The lowest BCUT2D eigenvalue weighted by Gasteiger charge is -2.31. The second kappa shape index (κ2) is 7.09. The van der Waals surface area contributed by atoms with Gasteiger partial charge in [-0.15, -0.1) is 0 Å². The Kier molecular flexibility index (Phi) is 6.02. The fourth-order valence-corrected chi connectivity index (χ4v) is 2.55. The molecular formula is C14H17BrClNO3. The molecule has 0 saturated heterocycles. The van der Waals surface area contributed by atoms with E-state index in [0.717, 1.165) is 4.47 Å². The van der Waals surface area contributed by atoms with Crippen LogP contribution in [0.15, 0.2) is 22.7 Å². The van der Waals surface area contributed by atoms with E-state index in [4.69, 9.17) is 16.7 Å². The Bertz CT molecular complexity index is 515. The Balaban J connectivity index is 3.02. The highest BCUT2D eigenvalue weighted by molar-refractivity contribution is 9.10. The van der Waals surface area contributed by atoms with Gasteiger partial charge in [-0.25, -0.2) is 0 Å². The van der Waals surface area contributed by atoms with Crippen molar-refractivity contribution in [3.8, 4) is 0 Å². The molecule has 0 aliphatic rings. The Morgan fingerprint density at radius 3 is 2.45 bits per heavy atom. The summed E-state index contributed by atoms with van der Waals surface area (Å²) in [6, 6.07) is 4.98. The van der Waals surface area contributed by atoms with Crippen LogP contribution in [0.3, 0.4) is 0 Å². The monoisotopic (exact) mass is 361 g/mol. The molecule has 1 aromatic carbocycles. The van der Waals surface area contributed by atoms with Crippen LogP contribution >= 0.6 is 27.5 Å². The summed E-state index contributed by atoms with van der Waals surface area (Å²) in [7, 11) is 0. The summed E-state index contributed by atoms with van der Waals surface area (Å²) < 4.78 is 0.740. The first-order valence-electron chi connectivity index (χ1n) is 6.33. The van der Waals surface area contributed by atoms with Crippen LogP contribution in [0.5, 0.6) is 0 Å². The zero-order chi connectivity index (χ0) is 15.3. The molecule has 0 atom stereocenters. The summed E-state index contributed by atoms with van der Waals surface area (Å²) in [6.07, 6.45) is 0.956. The maximum atomic E-state index is 12.3. The van der Waals surface area contributed by atoms with Crippen molar-refractivity contribution in [1.82, 2.24) is 5.32 Å². The minimum absolute atomic E-state index is 0.114. The van der Waals surface area contributed by atoms with E-state index in [1.54, 1.807) is 18.2 Å². The van der Waals surface area contributed by atoms with Crippen LogP contribution in [0, 0.1) is 0 Å². The average molecular weight is 363 g/mol. The predicted octanol–water partition coefficient (Wildman–Crippen LogP) is 3.87. The van der Waals surface area contributed by atoms with Crippen molar-refractivity contribution in [2.24, 2.45) is 0 Å². The maximum absolute atomic E-state index is 12.3. The van der Waals surface area contributed by atoms with Gasteiger partial charge in [0, 0.05) is 4.47 Å². The Labute approximate surface area is 131 Å². The lowest BCUT2D eigenvalue weighted by Crippen LogP contribution is -2.49. The molecule has 1 rings (SSSR count). The fraction of sp³-hybridized carbons (Fsp3) is 0.429. The SMILES string of the molecule is CCC(CC)(CC(=O)O)NC(=O)c1cc(Br)ccc1Cl. The summed E-state index contributed by atoms with van der Waals surface area (Å²) in [5, 5.41) is 12.2. The molecule has 0 saturated carbocycles. The van der Waals surface area contributed by atoms with Gasteiger partial charge in [-0.1, -0.05) is 41.4 Å². The average Bonchev–Trinajstić information content (AvgIpc) is 2.40. The Morgan fingerprint density at radius 2 is 1.95 bits per heavy atom. The number of amides is 1. The number of hydrogen-bond acceptors (Lipinski definition) is 2. The first kappa shape index (κ1) is 17.0. The summed E-state index contributed by atoms with van der Waals surface area (Å²) in [5.41, 5.74) is -0.424. The van der Waals surface area contributed by atoms with Gasteiger partial charge in [0.05, 0.1) is 22.5 Å². The molecule has 1 aromatic rings. The van der Waals surface area contributed by atoms with Gasteiger partial charge in [0.15, 0.2) is 0 Å². The number of carbonyl (C=O) groups is 2. The van der Waals surface area contributed by atoms with Crippen molar-refractivity contribution in [2.75, 3.05) is 0 Å². The quantitative estimate of drug-likeness (QED) is 0.807. The van der Waals surface area contributed by atoms with Crippen LogP contribution in [0.1, 0.15) is 43.5 Å². The minimum atomic E-state index is -0.936. The molecule has 20 heavy (non-hydrogen) atoms. The molecule has 0 radical (unpaired) electrons. The van der Waals surface area contributed by atoms with Crippen molar-refractivity contribution >= 4 is 39.4 Å². The number of carboxylic acid groups (broad SMARTS) is 1. The summed E-state index contributed by atoms with van der Waals surface area (Å²) in [5.74, 6) is -1.30. The molecule has 0 heterocycles. The highest BCUT2D eigenvalue weighted by Crippen LogP contribution is 2.24. The number of aliphatic carboxylic acids is 1. The maximum Gasteiger partial charge on any atom is 0.305 e. The molecule has 0 spiro atoms. The molecule has 0 bridgehead atoms. The van der Waals surface area contributed by atoms with E-state index in [0.29, 0.717) is 23.4 Å². The van der Waals surface area contributed by atoms with Gasteiger partial charge in [0.25, 0.3) is 5.91 Å². The number of halogens is 2. The van der Waals surface area contributed by atoms with Crippen LogP contribution in [0.4, 0.5) is 0 Å². The Morgan fingerprint density at radius 1 is 1.35 bits per heavy atom. The molecule has 1 amide bonds. The smallest absolute Gasteiger partial charge is 0.305 e. The molecule has 0 aliphatic carbocycles. The van der Waals surface area contributed by atoms with Crippen LogP contribution in [-0.2, 0) is 4.79 Å². The van der Waals surface area contributed by atoms with Crippen molar-refractivity contribution in [2.45, 2.75) is 38.6 Å². The standard InChI is InChI=1S/C14H17BrClNO3/c1-3-14(4-2,8-12(18)19)17-13(20)10-7-9(15)5-6-11(10)16/h5-7H,3-4,8H2,1-2H3,(H,17,20)(H,18,19). The van der Waals surface area contributed by atoms with Gasteiger partial charge in [-0.3, -0.25) is 9.59 Å². The largest absolute Gasteiger partial charge is 0.481 e. The molecular weight excluding hydrogens is 346 g/mol. The van der Waals surface area contributed by atoms with Crippen molar-refractivity contribution in [3.63, 3.8) is 0 Å². The van der Waals surface area contributed by atoms with Crippen LogP contribution in [0.2, 0.25) is 5.02 Å². The topological polar surface area (TPSA) is 66.4 Å². The second-order valence-corrected chi connectivity index (χ2v) is 5.96. The summed E-state index contributed by atoms with van der Waals surface area (Å²) in [6.45, 7) is 3.71. The minimum Gasteiger partial charge on any atom is -0.481 e. The number of hydrogen-bond donors (Lipinski definition) is 2. The van der Waals surface area contributed by atoms with E-state index in [9.17, 15) is 9.59 Å². The van der Waals surface area contributed by atoms with E-state index in [2.05, 4.69) is 21.2 Å². The lowest BCUT2D eigenvalue weighted by molar-refractivity contribution is -0.138. The number of nitrogens with one attached hydrogen (secondary N) is 1. The first-order chi connectivity index (χ1) is 9.33. The highest BCUT2D eigenvalue weighted by atomic mass is 79.9. The Hall–Kier alpha value is -1.07. The van der Waals surface area contributed by atoms with Crippen molar-refractivity contribution in [3.05, 3.63) is 33.3 Å². The van der Waals surface area contributed by atoms with Gasteiger partial charge >= 0.3 is 5.97 Å². The first-order valence-corrected chi connectivity index (χ1v) is 7.50. The summed E-state index contributed by atoms with van der Waals surface area (Å²) >= 11 is 9.30. The lowest BCUT2D eigenvalue weighted by atomic mass is 9.88. The zero-order valence-corrected chi connectivity index (χ0v) is 13.7. The third kappa shape index (κ3) is 4.21. The van der Waals surface area contributed by atoms with Crippen molar-refractivity contribution < 1.29 is 14.7 Å². The normalized spacial score (nSPS) is 11.2. The van der Waals surface area contributed by atoms with E-state index >= 15 is 0 Å². The number of carbonyl (C=O) groups excluding carboxylic acids is 1. The highest BCUT2D eigenvalue weighted by Gasteiger charge is 2.31. The van der Waals surface area contributed by atoms with Crippen LogP contribution < -0.4 is 5.32 Å². The fourth-order valence-electron chi connectivity index (χ4n) is 1.99. The van der Waals surface area contributed by atoms with Gasteiger partial charge in [0.1, 0.15) is 0 Å². The van der Waals surface area contributed by atoms with Gasteiger partial charge in [0.2, 0.25) is 0 Å². The van der Waals surface area contributed by atoms with Gasteiger partial charge < -0.3 is 10.4 Å². The van der Waals surface area contributed by atoms with Crippen molar-refractivity contribution in [1.29, 1.82) is 0 Å². The number of benzene rings is 1. The second-order valence-electron chi connectivity index (χ2n) is 4.64. The van der Waals surface area contributed by atoms with E-state index < -0.39 is 11.5 Å². The van der Waals surface area contributed by atoms with Gasteiger partial charge in [-0.2, -0.15) is 0 Å². The predicted molar refractivity (Wildman–Crippen MR) is 82.2 cm³/mol. The molecule has 0 aliphatic heterocycles. The molecule has 0 aromatic heterocycles. The van der Waals surface area contributed by atoms with E-state index in [1.807, 2.05) is 13.8 Å².